The van der Waals surface area contributed by atoms with Crippen LogP contribution < -0.4 is 5.32 Å². The Morgan fingerprint density at radius 2 is 1.63 bits per heavy atom. The molecular weight excluding hydrogens is 254 g/mol. The van der Waals surface area contributed by atoms with Crippen molar-refractivity contribution in [3.63, 3.8) is 0 Å². The fourth-order valence-electron chi connectivity index (χ4n) is 0.961. The van der Waals surface area contributed by atoms with Gasteiger partial charge < -0.3 is 10.2 Å². The molecular formula is C15H29N3S. The van der Waals surface area contributed by atoms with Crippen molar-refractivity contribution in [2.24, 2.45) is 4.99 Å². The lowest BCUT2D eigenvalue weighted by Gasteiger charge is -2.05. The van der Waals surface area contributed by atoms with E-state index in [0.717, 1.165) is 5.69 Å². The molecule has 0 aliphatic carbocycles. The normalized spacial score (nSPS) is 8.79. The summed E-state index contributed by atoms with van der Waals surface area (Å²) in [6.45, 7) is 10.0. The van der Waals surface area contributed by atoms with Gasteiger partial charge in [0.2, 0.25) is 0 Å². The summed E-state index contributed by atoms with van der Waals surface area (Å²) in [5.41, 5.74) is 2.18. The van der Waals surface area contributed by atoms with Crippen LogP contribution in [0, 0.1) is 6.92 Å². The minimum Gasteiger partial charge on any atom is -0.369 e. The van der Waals surface area contributed by atoms with Crippen molar-refractivity contribution >= 4 is 29.4 Å². The molecule has 19 heavy (non-hydrogen) atoms. The number of nitrogens with one attached hydrogen (secondary N) is 1. The summed E-state index contributed by atoms with van der Waals surface area (Å²) in [7, 11) is 3.80. The SMILES string of the molecule is CC.CC.Cc1ccc(NC(=S)/N=C/N(C)C)cc1.[HH]. The van der Waals surface area contributed by atoms with Crippen LogP contribution in [0.15, 0.2) is 29.3 Å². The van der Waals surface area contributed by atoms with E-state index in [0.29, 0.717) is 5.11 Å². The third-order valence-corrected chi connectivity index (χ3v) is 1.92. The van der Waals surface area contributed by atoms with Gasteiger partial charge in [0.05, 0.1) is 6.34 Å². The summed E-state index contributed by atoms with van der Waals surface area (Å²) in [6.07, 6.45) is 1.67. The highest BCUT2D eigenvalue weighted by Gasteiger charge is 1.94. The number of hydrogen-bond acceptors (Lipinski definition) is 1. The van der Waals surface area contributed by atoms with E-state index in [-0.39, 0.29) is 1.43 Å². The third-order valence-electron chi connectivity index (χ3n) is 1.71. The Morgan fingerprint density at radius 3 is 2.05 bits per heavy atom. The fraction of sp³-hybridized carbons (Fsp3) is 0.467. The zero-order valence-electron chi connectivity index (χ0n) is 13.2. The summed E-state index contributed by atoms with van der Waals surface area (Å²) in [5.74, 6) is 0. The van der Waals surface area contributed by atoms with Crippen LogP contribution in [0.1, 0.15) is 34.7 Å². The molecule has 0 aromatic heterocycles. The molecule has 3 nitrogen and oxygen atoms in total. The van der Waals surface area contributed by atoms with Crippen LogP contribution in [-0.4, -0.2) is 30.4 Å². The van der Waals surface area contributed by atoms with Gasteiger partial charge >= 0.3 is 0 Å². The number of aryl methyl sites for hydroxylation is 1. The van der Waals surface area contributed by atoms with Crippen LogP contribution >= 0.6 is 12.2 Å². The van der Waals surface area contributed by atoms with Crippen molar-refractivity contribution in [1.29, 1.82) is 0 Å². The molecule has 110 valence electrons. The summed E-state index contributed by atoms with van der Waals surface area (Å²) < 4.78 is 0. The third kappa shape index (κ3) is 11.4. The van der Waals surface area contributed by atoms with E-state index in [9.17, 15) is 0 Å². The Labute approximate surface area is 125 Å². The van der Waals surface area contributed by atoms with Gasteiger partial charge in [0.1, 0.15) is 0 Å². The second-order valence-electron chi connectivity index (χ2n) is 3.50. The van der Waals surface area contributed by atoms with Crippen LogP contribution in [0.2, 0.25) is 0 Å². The maximum Gasteiger partial charge on any atom is 0.198 e. The second-order valence-corrected chi connectivity index (χ2v) is 3.89. The van der Waals surface area contributed by atoms with Gasteiger partial charge in [0.15, 0.2) is 5.11 Å². The van der Waals surface area contributed by atoms with Crippen molar-refractivity contribution in [1.82, 2.24) is 4.90 Å². The van der Waals surface area contributed by atoms with Gasteiger partial charge in [-0.05, 0) is 31.3 Å². The first kappa shape index (κ1) is 19.9. The van der Waals surface area contributed by atoms with Crippen molar-refractivity contribution < 1.29 is 1.43 Å². The molecule has 0 saturated carbocycles. The lowest BCUT2D eigenvalue weighted by Crippen LogP contribution is -2.12. The van der Waals surface area contributed by atoms with Gasteiger partial charge in [-0.15, -0.1) is 0 Å². The standard InChI is InChI=1S/C11H15N3S.2C2H6.H2/c1-9-4-6-10(7-5-9)13-11(15)12-8-14(2)3;2*1-2;/h4-8H,1-3H3,(H,13,15);2*1-2H3;1H/b12-8+;;;. The summed E-state index contributed by atoms with van der Waals surface area (Å²) >= 11 is 5.05. The highest BCUT2D eigenvalue weighted by atomic mass is 32.1. The molecule has 0 radical (unpaired) electrons. The van der Waals surface area contributed by atoms with Gasteiger partial charge in [0, 0.05) is 21.2 Å². The van der Waals surface area contributed by atoms with E-state index in [2.05, 4.69) is 10.3 Å². The number of rotatable bonds is 2. The maximum absolute atomic E-state index is 5.05. The number of anilines is 1. The Hall–Kier alpha value is -1.42. The number of hydrogen-bond donors (Lipinski definition) is 1. The highest BCUT2D eigenvalue weighted by Crippen LogP contribution is 2.08. The molecule has 0 aliphatic rings. The predicted octanol–water partition coefficient (Wildman–Crippen LogP) is 4.58. The Kier molecular flexibility index (Phi) is 13.6. The van der Waals surface area contributed by atoms with E-state index in [1.54, 1.807) is 6.34 Å². The molecule has 0 fully saturated rings. The predicted molar refractivity (Wildman–Crippen MR) is 94.4 cm³/mol. The monoisotopic (exact) mass is 283 g/mol. The molecule has 0 heterocycles. The molecule has 0 aliphatic heterocycles. The minimum absolute atomic E-state index is 0. The zero-order valence-corrected chi connectivity index (χ0v) is 14.0. The number of benzene rings is 1. The van der Waals surface area contributed by atoms with Crippen LogP contribution in [0.25, 0.3) is 0 Å². The molecule has 1 N–H and O–H groups in total. The zero-order chi connectivity index (χ0) is 15.3. The van der Waals surface area contributed by atoms with Gasteiger partial charge in [0.25, 0.3) is 0 Å². The minimum atomic E-state index is 0. The van der Waals surface area contributed by atoms with Crippen molar-refractivity contribution in [3.05, 3.63) is 29.8 Å². The number of nitrogens with zero attached hydrogens (tertiary/aromatic N) is 2. The fourth-order valence-corrected chi connectivity index (χ4v) is 1.13. The van der Waals surface area contributed by atoms with Gasteiger partial charge in [-0.3, -0.25) is 0 Å². The van der Waals surface area contributed by atoms with Crippen molar-refractivity contribution in [3.8, 4) is 0 Å². The van der Waals surface area contributed by atoms with Gasteiger partial charge in [-0.2, -0.15) is 0 Å². The Morgan fingerprint density at radius 1 is 1.16 bits per heavy atom. The largest absolute Gasteiger partial charge is 0.369 e. The molecule has 4 heteroatoms. The molecule has 1 aromatic carbocycles. The van der Waals surface area contributed by atoms with Crippen LogP contribution in [0.5, 0.6) is 0 Å². The van der Waals surface area contributed by atoms with Crippen LogP contribution in [0.3, 0.4) is 0 Å². The molecule has 0 atom stereocenters. The highest BCUT2D eigenvalue weighted by molar-refractivity contribution is 7.80. The van der Waals surface area contributed by atoms with Gasteiger partial charge in [-0.1, -0.05) is 45.4 Å². The smallest absolute Gasteiger partial charge is 0.198 e. The summed E-state index contributed by atoms with van der Waals surface area (Å²) in [6, 6.07) is 8.01. The van der Waals surface area contributed by atoms with E-state index >= 15 is 0 Å². The average molecular weight is 283 g/mol. The maximum atomic E-state index is 5.05. The second kappa shape index (κ2) is 13.0. The van der Waals surface area contributed by atoms with E-state index in [4.69, 9.17) is 12.2 Å². The summed E-state index contributed by atoms with van der Waals surface area (Å²) in [5, 5.41) is 3.50. The van der Waals surface area contributed by atoms with Crippen molar-refractivity contribution in [2.75, 3.05) is 19.4 Å². The van der Waals surface area contributed by atoms with E-state index in [1.807, 2.05) is 77.9 Å². The van der Waals surface area contributed by atoms with Crippen molar-refractivity contribution in [2.45, 2.75) is 34.6 Å². The van der Waals surface area contributed by atoms with E-state index < -0.39 is 0 Å². The average Bonchev–Trinajstić information content (AvgIpc) is 2.44. The molecule has 1 rings (SSSR count). The first-order valence-corrected chi connectivity index (χ1v) is 7.07. The first-order chi connectivity index (χ1) is 9.08. The Balaban J connectivity index is -0.000000529. The molecule has 0 amide bonds. The molecule has 0 spiro atoms. The van der Waals surface area contributed by atoms with Crippen LogP contribution in [-0.2, 0) is 0 Å². The first-order valence-electron chi connectivity index (χ1n) is 6.66. The number of thiocarbonyl (C=S) groups is 1. The topological polar surface area (TPSA) is 27.6 Å². The quantitative estimate of drug-likeness (QED) is 0.489. The molecule has 0 bridgehead atoms. The van der Waals surface area contributed by atoms with E-state index in [1.165, 1.54) is 5.56 Å². The lowest BCUT2D eigenvalue weighted by atomic mass is 10.2. The molecule has 1 aromatic rings. The Bertz CT molecular complexity index is 362. The molecule has 0 unspecified atom stereocenters. The lowest BCUT2D eigenvalue weighted by molar-refractivity contribution is 0.644. The number of aliphatic imine (C=N–C) groups is 1. The molecule has 0 saturated heterocycles. The summed E-state index contributed by atoms with van der Waals surface area (Å²) in [4.78, 5) is 5.90. The van der Waals surface area contributed by atoms with Gasteiger partial charge in [-0.25, -0.2) is 4.99 Å². The van der Waals surface area contributed by atoms with Crippen LogP contribution in [0.4, 0.5) is 5.69 Å².